The van der Waals surface area contributed by atoms with Crippen LogP contribution in [-0.4, -0.2) is 19.2 Å². The summed E-state index contributed by atoms with van der Waals surface area (Å²) in [5.74, 6) is -0.276. The summed E-state index contributed by atoms with van der Waals surface area (Å²) in [4.78, 5) is 12.0. The smallest absolute Gasteiger partial charge is 0.333 e. The monoisotopic (exact) mass is 375 g/mol. The van der Waals surface area contributed by atoms with Gasteiger partial charge in [0.1, 0.15) is 23.2 Å². The molecule has 0 radical (unpaired) electrons. The fourth-order valence-electron chi connectivity index (χ4n) is 3.33. The second kappa shape index (κ2) is 8.79. The van der Waals surface area contributed by atoms with Gasteiger partial charge in [-0.1, -0.05) is 54.6 Å². The van der Waals surface area contributed by atoms with E-state index in [1.807, 2.05) is 31.2 Å². The van der Waals surface area contributed by atoms with Gasteiger partial charge in [0.15, 0.2) is 0 Å². The fraction of sp³-hybridized carbons (Fsp3) is 0.125. The molecule has 0 heterocycles. The molecule has 0 aromatic heterocycles. The molecule has 0 saturated carbocycles. The van der Waals surface area contributed by atoms with Crippen molar-refractivity contribution in [3.63, 3.8) is 0 Å². The molecule has 0 amide bonds. The molecule has 27 heavy (non-hydrogen) atoms. The molecule has 0 saturated heterocycles. The third-order valence-corrected chi connectivity index (χ3v) is 9.04. The highest BCUT2D eigenvalue weighted by Gasteiger charge is 2.44. The number of rotatable bonds is 6. The van der Waals surface area contributed by atoms with Crippen molar-refractivity contribution in [2.24, 2.45) is 0 Å². The van der Waals surface area contributed by atoms with Gasteiger partial charge in [-0.3, -0.25) is 0 Å². The van der Waals surface area contributed by atoms with E-state index in [0.29, 0.717) is 5.57 Å². The first-order valence-electron chi connectivity index (χ1n) is 8.98. The van der Waals surface area contributed by atoms with Crippen LogP contribution in [0.3, 0.4) is 0 Å². The van der Waals surface area contributed by atoms with Gasteiger partial charge in [-0.25, -0.2) is 4.79 Å². The van der Waals surface area contributed by atoms with E-state index in [1.165, 1.54) is 23.0 Å². The van der Waals surface area contributed by atoms with Gasteiger partial charge in [-0.05, 0) is 49.4 Å². The summed E-state index contributed by atoms with van der Waals surface area (Å²) in [6.07, 6.45) is 2.80. The highest BCUT2D eigenvalue weighted by atomic mass is 31.2. The van der Waals surface area contributed by atoms with Crippen molar-refractivity contribution in [3.05, 3.63) is 103 Å². The van der Waals surface area contributed by atoms with Crippen molar-refractivity contribution in [2.75, 3.05) is 13.3 Å². The van der Waals surface area contributed by atoms with Crippen molar-refractivity contribution in [1.29, 1.82) is 0 Å². The highest BCUT2D eigenvalue weighted by Crippen LogP contribution is 2.55. The lowest BCUT2D eigenvalue weighted by Crippen LogP contribution is -2.33. The Bertz CT molecular complexity index is 806. The Labute approximate surface area is 161 Å². The molecule has 0 bridgehead atoms. The minimum absolute atomic E-state index is 0.276. The normalized spacial score (nSPS) is 11.9. The van der Waals surface area contributed by atoms with Crippen LogP contribution < -0.4 is 15.9 Å². The maximum Gasteiger partial charge on any atom is 0.333 e. The van der Waals surface area contributed by atoms with E-state index in [9.17, 15) is 4.79 Å². The van der Waals surface area contributed by atoms with Gasteiger partial charge in [-0.15, -0.1) is 0 Å². The van der Waals surface area contributed by atoms with Crippen LogP contribution in [0.4, 0.5) is 0 Å². The molecule has 0 fully saturated rings. The third-order valence-electron chi connectivity index (χ3n) is 4.77. The predicted octanol–water partition coefficient (Wildman–Crippen LogP) is 4.10. The number of hydrogen-bond donors (Lipinski definition) is 0. The molecule has 0 N–H and O–H groups in total. The summed E-state index contributed by atoms with van der Waals surface area (Å²) in [5.41, 5.74) is 0.643. The first-order valence-corrected chi connectivity index (χ1v) is 11.0. The molecule has 0 aliphatic heterocycles. The standard InChI is InChI=1S/C24H24O2P/c1-20(24(25)26-2)18-19-27(21-12-6-3-7-13-21,22-14-8-4-9-15-22)23-16-10-5-11-17-23/h3-18H,19H2,1-2H3/q+1/b20-18+. The quantitative estimate of drug-likeness (QED) is 0.368. The molecule has 0 unspecified atom stereocenters. The SMILES string of the molecule is COC(=O)/C(C)=C/C[P+](c1ccccc1)(c1ccccc1)c1ccccc1. The molecule has 136 valence electrons. The summed E-state index contributed by atoms with van der Waals surface area (Å²) in [6.45, 7) is 1.82. The molecular weight excluding hydrogens is 351 g/mol. The van der Waals surface area contributed by atoms with Crippen LogP contribution in [0.15, 0.2) is 103 Å². The molecule has 0 aliphatic rings. The van der Waals surface area contributed by atoms with Crippen molar-refractivity contribution < 1.29 is 9.53 Å². The summed E-state index contributed by atoms with van der Waals surface area (Å²) < 4.78 is 4.90. The zero-order chi connectivity index (χ0) is 19.1. The molecular formula is C24H24O2P+. The lowest BCUT2D eigenvalue weighted by Gasteiger charge is -2.26. The minimum Gasteiger partial charge on any atom is -0.466 e. The van der Waals surface area contributed by atoms with Gasteiger partial charge in [-0.2, -0.15) is 0 Å². The number of carbonyl (C=O) groups excluding carboxylic acids is 1. The van der Waals surface area contributed by atoms with Gasteiger partial charge < -0.3 is 4.74 Å². The third kappa shape index (κ3) is 4.02. The number of esters is 1. The molecule has 3 heteroatoms. The van der Waals surface area contributed by atoms with Crippen molar-refractivity contribution in [3.8, 4) is 0 Å². The Morgan fingerprint density at radius 3 is 1.48 bits per heavy atom. The van der Waals surface area contributed by atoms with Gasteiger partial charge >= 0.3 is 5.97 Å². The Morgan fingerprint density at radius 2 is 1.15 bits per heavy atom. The van der Waals surface area contributed by atoms with Crippen LogP contribution >= 0.6 is 7.26 Å². The predicted molar refractivity (Wildman–Crippen MR) is 116 cm³/mol. The molecule has 3 aromatic rings. The maximum atomic E-state index is 12.0. The first-order chi connectivity index (χ1) is 13.2. The summed E-state index contributed by atoms with van der Waals surface area (Å²) in [5, 5.41) is 3.91. The number of hydrogen-bond acceptors (Lipinski definition) is 2. The van der Waals surface area contributed by atoms with E-state index < -0.39 is 7.26 Å². The summed E-state index contributed by atoms with van der Waals surface area (Å²) >= 11 is 0. The zero-order valence-corrected chi connectivity index (χ0v) is 16.6. The zero-order valence-electron chi connectivity index (χ0n) is 15.7. The van der Waals surface area contributed by atoms with Crippen LogP contribution in [0.25, 0.3) is 0 Å². The molecule has 0 spiro atoms. The number of benzene rings is 3. The van der Waals surface area contributed by atoms with Crippen LogP contribution in [0, 0.1) is 0 Å². The Balaban J connectivity index is 2.24. The van der Waals surface area contributed by atoms with Crippen LogP contribution in [0.2, 0.25) is 0 Å². The second-order valence-corrected chi connectivity index (χ2v) is 9.91. The van der Waals surface area contributed by atoms with Crippen molar-refractivity contribution >= 4 is 29.1 Å². The molecule has 0 aliphatic carbocycles. The summed E-state index contributed by atoms with van der Waals surface area (Å²) in [7, 11) is -0.517. The van der Waals surface area contributed by atoms with Crippen molar-refractivity contribution in [1.82, 2.24) is 0 Å². The Hall–Kier alpha value is -2.70. The number of ether oxygens (including phenoxy) is 1. The van der Waals surface area contributed by atoms with Gasteiger partial charge in [0.25, 0.3) is 0 Å². The average molecular weight is 375 g/mol. The summed E-state index contributed by atoms with van der Waals surface area (Å²) in [6, 6.07) is 31.9. The second-order valence-electron chi connectivity index (χ2n) is 6.38. The topological polar surface area (TPSA) is 26.3 Å². The number of methoxy groups -OCH3 is 1. The number of allylic oxidation sites excluding steroid dienone is 1. The average Bonchev–Trinajstić information content (AvgIpc) is 2.75. The Morgan fingerprint density at radius 1 is 0.778 bits per heavy atom. The molecule has 2 nitrogen and oxygen atoms in total. The van der Waals surface area contributed by atoms with Gasteiger partial charge in [0, 0.05) is 5.57 Å². The van der Waals surface area contributed by atoms with E-state index >= 15 is 0 Å². The van der Waals surface area contributed by atoms with E-state index in [4.69, 9.17) is 4.74 Å². The highest BCUT2D eigenvalue weighted by molar-refractivity contribution is 7.95. The molecule has 0 atom stereocenters. The lowest BCUT2D eigenvalue weighted by atomic mass is 10.3. The van der Waals surface area contributed by atoms with Crippen LogP contribution in [0.1, 0.15) is 6.92 Å². The fourth-order valence-corrected chi connectivity index (χ4v) is 7.45. The van der Waals surface area contributed by atoms with E-state index in [-0.39, 0.29) is 5.97 Å². The van der Waals surface area contributed by atoms with Gasteiger partial charge in [0.05, 0.1) is 13.3 Å². The Kier molecular flexibility index (Phi) is 6.21. The molecule has 3 aromatic carbocycles. The van der Waals surface area contributed by atoms with Crippen LogP contribution in [-0.2, 0) is 9.53 Å². The van der Waals surface area contributed by atoms with Gasteiger partial charge in [0.2, 0.25) is 0 Å². The first kappa shape index (κ1) is 19.1. The lowest BCUT2D eigenvalue weighted by molar-refractivity contribution is -0.136. The minimum atomic E-state index is -1.94. The number of carbonyl (C=O) groups is 1. The van der Waals surface area contributed by atoms with E-state index in [2.05, 4.69) is 72.8 Å². The maximum absolute atomic E-state index is 12.0. The molecule has 3 rings (SSSR count). The van der Waals surface area contributed by atoms with E-state index in [0.717, 1.165) is 6.16 Å². The van der Waals surface area contributed by atoms with Crippen LogP contribution in [0.5, 0.6) is 0 Å². The van der Waals surface area contributed by atoms with E-state index in [1.54, 1.807) is 0 Å². The largest absolute Gasteiger partial charge is 0.466 e. The van der Waals surface area contributed by atoms with Crippen molar-refractivity contribution in [2.45, 2.75) is 6.92 Å².